The Balaban J connectivity index is 2.14. The molecule has 0 saturated heterocycles. The molecular formula is C13H17F4N3O2S. The fourth-order valence-electron chi connectivity index (χ4n) is 2.04. The van der Waals surface area contributed by atoms with Gasteiger partial charge in [-0.25, -0.2) is 22.2 Å². The third kappa shape index (κ3) is 4.52. The largest absolute Gasteiger partial charge is 0.472 e. The summed E-state index contributed by atoms with van der Waals surface area (Å²) in [7, 11) is 1.38. The van der Waals surface area contributed by atoms with Crippen LogP contribution >= 0.6 is 11.8 Å². The third-order valence-corrected chi connectivity index (χ3v) is 4.01. The van der Waals surface area contributed by atoms with Crippen LogP contribution in [0, 0.1) is 0 Å². The molecule has 5 nitrogen and oxygen atoms in total. The summed E-state index contributed by atoms with van der Waals surface area (Å²) in [6.07, 6.45) is -4.97. The number of rotatable bonds is 6. The van der Waals surface area contributed by atoms with Gasteiger partial charge in [-0.2, -0.15) is 5.10 Å². The Kier molecular flexibility index (Phi) is 5.43. The topological polar surface area (TPSA) is 48.6 Å². The molecule has 0 aliphatic carbocycles. The third-order valence-electron chi connectivity index (χ3n) is 3.03. The zero-order chi connectivity index (χ0) is 17.2. The van der Waals surface area contributed by atoms with Crippen molar-refractivity contribution in [1.29, 1.82) is 0 Å². The summed E-state index contributed by atoms with van der Waals surface area (Å²) in [5.41, 5.74) is -0.804. The van der Waals surface area contributed by atoms with Gasteiger partial charge in [-0.05, 0) is 13.8 Å². The molecule has 23 heavy (non-hydrogen) atoms. The number of halogens is 4. The van der Waals surface area contributed by atoms with E-state index in [9.17, 15) is 17.6 Å². The molecule has 1 aliphatic heterocycles. The molecule has 0 aromatic carbocycles. The average Bonchev–Trinajstić information content (AvgIpc) is 2.94. The molecule has 0 radical (unpaired) electrons. The highest BCUT2D eigenvalue weighted by atomic mass is 32.2. The number of oxime groups is 1. The van der Waals surface area contributed by atoms with Gasteiger partial charge >= 0.3 is 0 Å². The monoisotopic (exact) mass is 355 g/mol. The van der Waals surface area contributed by atoms with Crippen LogP contribution in [0.3, 0.4) is 0 Å². The van der Waals surface area contributed by atoms with Crippen molar-refractivity contribution in [2.24, 2.45) is 12.2 Å². The lowest BCUT2D eigenvalue weighted by Gasteiger charge is -2.13. The second kappa shape index (κ2) is 6.98. The van der Waals surface area contributed by atoms with E-state index >= 15 is 0 Å². The van der Waals surface area contributed by atoms with E-state index in [-0.39, 0.29) is 17.2 Å². The van der Waals surface area contributed by atoms with Crippen molar-refractivity contribution in [3.63, 3.8) is 0 Å². The maximum absolute atomic E-state index is 13.1. The lowest BCUT2D eigenvalue weighted by molar-refractivity contribution is 0.0123. The Morgan fingerprint density at radius 1 is 1.35 bits per heavy atom. The summed E-state index contributed by atoms with van der Waals surface area (Å²) in [4.78, 5) is 5.20. The van der Waals surface area contributed by atoms with Gasteiger partial charge < -0.3 is 9.57 Å². The molecule has 0 bridgehead atoms. The van der Waals surface area contributed by atoms with E-state index in [0.29, 0.717) is 11.5 Å². The first-order valence-corrected chi connectivity index (χ1v) is 7.81. The van der Waals surface area contributed by atoms with Crippen LogP contribution < -0.4 is 4.74 Å². The molecule has 0 fully saturated rings. The van der Waals surface area contributed by atoms with Gasteiger partial charge in [0.15, 0.2) is 6.61 Å². The van der Waals surface area contributed by atoms with Crippen molar-refractivity contribution in [2.45, 2.75) is 44.5 Å². The summed E-state index contributed by atoms with van der Waals surface area (Å²) in [5, 5.41) is 8.22. The van der Waals surface area contributed by atoms with Crippen LogP contribution in [0.4, 0.5) is 17.6 Å². The van der Waals surface area contributed by atoms with Crippen molar-refractivity contribution in [2.75, 3.05) is 6.61 Å². The van der Waals surface area contributed by atoms with Crippen LogP contribution in [0.2, 0.25) is 0 Å². The molecule has 0 unspecified atom stereocenters. The van der Waals surface area contributed by atoms with Crippen molar-refractivity contribution in [3.8, 4) is 5.88 Å². The van der Waals surface area contributed by atoms with Gasteiger partial charge in [0, 0.05) is 19.2 Å². The van der Waals surface area contributed by atoms with Gasteiger partial charge in [0.1, 0.15) is 16.3 Å². The molecule has 2 heterocycles. The Hall–Kier alpha value is -1.45. The first-order chi connectivity index (χ1) is 10.7. The molecule has 1 aromatic rings. The number of hydrogen-bond donors (Lipinski definition) is 0. The minimum absolute atomic E-state index is 0.0770. The zero-order valence-corrected chi connectivity index (χ0v) is 13.7. The van der Waals surface area contributed by atoms with E-state index in [0.717, 1.165) is 4.68 Å². The van der Waals surface area contributed by atoms with Gasteiger partial charge in [-0.15, -0.1) is 11.8 Å². The first kappa shape index (κ1) is 17.9. The lowest BCUT2D eigenvalue weighted by Crippen LogP contribution is -2.18. The van der Waals surface area contributed by atoms with Crippen LogP contribution in [0.1, 0.15) is 38.0 Å². The number of alkyl halides is 4. The van der Waals surface area contributed by atoms with Crippen LogP contribution in [0.5, 0.6) is 5.88 Å². The van der Waals surface area contributed by atoms with Gasteiger partial charge in [-0.1, -0.05) is 5.16 Å². The SMILES string of the molecule is Cn1nc(C(F)F)c(CSC2=NOC(C)(C)C2)c1OCC(F)F. The smallest absolute Gasteiger partial charge is 0.282 e. The van der Waals surface area contributed by atoms with Crippen LogP contribution in [0.25, 0.3) is 0 Å². The maximum Gasteiger partial charge on any atom is 0.282 e. The van der Waals surface area contributed by atoms with E-state index in [1.165, 1.54) is 18.8 Å². The molecule has 10 heteroatoms. The van der Waals surface area contributed by atoms with Crippen molar-refractivity contribution < 1.29 is 27.1 Å². The van der Waals surface area contributed by atoms with E-state index < -0.39 is 30.8 Å². The normalized spacial score (nSPS) is 16.8. The highest BCUT2D eigenvalue weighted by molar-refractivity contribution is 8.13. The van der Waals surface area contributed by atoms with Gasteiger partial charge in [0.05, 0.1) is 5.56 Å². The molecule has 130 valence electrons. The summed E-state index contributed by atoms with van der Waals surface area (Å²) in [6, 6.07) is 0. The maximum atomic E-state index is 13.1. The minimum atomic E-state index is -2.82. The average molecular weight is 355 g/mol. The standard InChI is InChI=1S/C13H17F4N3O2S/c1-13(2)4-9(19-22-13)23-6-7-10(11(16)17)18-20(3)12(7)21-5-8(14)15/h8,11H,4-6H2,1-3H3. The molecule has 1 aromatic heterocycles. The van der Waals surface area contributed by atoms with Crippen LogP contribution in [-0.2, 0) is 17.6 Å². The number of hydrogen-bond acceptors (Lipinski definition) is 5. The van der Waals surface area contributed by atoms with Crippen molar-refractivity contribution in [1.82, 2.24) is 9.78 Å². The molecule has 1 aliphatic rings. The molecule has 0 saturated carbocycles. The van der Waals surface area contributed by atoms with Crippen LogP contribution in [-0.4, -0.2) is 33.5 Å². The summed E-state index contributed by atoms with van der Waals surface area (Å²) in [5.74, 6) is 0.0107. The van der Waals surface area contributed by atoms with E-state index in [2.05, 4.69) is 10.3 Å². The molecular weight excluding hydrogens is 338 g/mol. The highest BCUT2D eigenvalue weighted by Crippen LogP contribution is 2.35. The van der Waals surface area contributed by atoms with E-state index in [1.807, 2.05) is 13.8 Å². The second-order valence-electron chi connectivity index (χ2n) is 5.60. The number of aromatic nitrogens is 2. The molecule has 2 rings (SSSR count). The molecule has 0 spiro atoms. The predicted molar refractivity (Wildman–Crippen MR) is 78.2 cm³/mol. The summed E-state index contributed by atoms with van der Waals surface area (Å²) < 4.78 is 56.8. The van der Waals surface area contributed by atoms with Crippen molar-refractivity contribution in [3.05, 3.63) is 11.3 Å². The number of nitrogens with zero attached hydrogens (tertiary/aromatic N) is 3. The Bertz CT molecular complexity index is 590. The molecule has 0 N–H and O–H groups in total. The number of aryl methyl sites for hydroxylation is 1. The number of thioether (sulfide) groups is 1. The van der Waals surface area contributed by atoms with E-state index in [4.69, 9.17) is 9.57 Å². The van der Waals surface area contributed by atoms with Crippen molar-refractivity contribution >= 4 is 16.8 Å². The molecule has 0 amide bonds. The highest BCUT2D eigenvalue weighted by Gasteiger charge is 2.31. The second-order valence-corrected chi connectivity index (χ2v) is 6.65. The fraction of sp³-hybridized carbons (Fsp3) is 0.692. The Labute approximate surface area is 135 Å². The Morgan fingerprint density at radius 2 is 2.04 bits per heavy atom. The minimum Gasteiger partial charge on any atom is -0.472 e. The van der Waals surface area contributed by atoms with Gasteiger partial charge in [-0.3, -0.25) is 0 Å². The molecule has 0 atom stereocenters. The Morgan fingerprint density at radius 3 is 2.57 bits per heavy atom. The zero-order valence-electron chi connectivity index (χ0n) is 12.9. The first-order valence-electron chi connectivity index (χ1n) is 6.82. The fourth-order valence-corrected chi connectivity index (χ4v) is 3.16. The van der Waals surface area contributed by atoms with Gasteiger partial charge in [0.2, 0.25) is 5.88 Å². The van der Waals surface area contributed by atoms with Crippen LogP contribution in [0.15, 0.2) is 5.16 Å². The number of ether oxygens (including phenoxy) is 1. The lowest BCUT2D eigenvalue weighted by atomic mass is 10.1. The summed E-state index contributed by atoms with van der Waals surface area (Å²) >= 11 is 1.20. The van der Waals surface area contributed by atoms with Gasteiger partial charge in [0.25, 0.3) is 12.9 Å². The van der Waals surface area contributed by atoms with E-state index in [1.54, 1.807) is 0 Å². The summed E-state index contributed by atoms with van der Waals surface area (Å²) in [6.45, 7) is 2.84. The predicted octanol–water partition coefficient (Wildman–Crippen LogP) is 3.75. The quantitative estimate of drug-likeness (QED) is 0.730.